The lowest BCUT2D eigenvalue weighted by Gasteiger charge is -2.15. The molecule has 3 nitrogen and oxygen atoms in total. The SMILES string of the molecule is Cc1ccc(Cl)cc1NC(=O)[C@H](C)Oc1ccccc1. The van der Waals surface area contributed by atoms with Gasteiger partial charge in [-0.15, -0.1) is 0 Å². The average molecular weight is 290 g/mol. The van der Waals surface area contributed by atoms with Gasteiger partial charge < -0.3 is 10.1 Å². The van der Waals surface area contributed by atoms with Gasteiger partial charge in [0.1, 0.15) is 5.75 Å². The number of nitrogens with one attached hydrogen (secondary N) is 1. The number of carbonyl (C=O) groups excluding carboxylic acids is 1. The molecule has 1 atom stereocenters. The molecule has 0 aliphatic rings. The number of ether oxygens (including phenoxy) is 1. The first-order chi connectivity index (χ1) is 9.56. The number of amides is 1. The molecule has 0 saturated carbocycles. The van der Waals surface area contributed by atoms with Crippen molar-refractivity contribution in [3.63, 3.8) is 0 Å². The number of aryl methyl sites for hydroxylation is 1. The van der Waals surface area contributed by atoms with Gasteiger partial charge in [-0.05, 0) is 43.7 Å². The summed E-state index contributed by atoms with van der Waals surface area (Å²) in [5, 5.41) is 3.41. The Morgan fingerprint density at radius 2 is 1.90 bits per heavy atom. The van der Waals surface area contributed by atoms with Gasteiger partial charge >= 0.3 is 0 Å². The van der Waals surface area contributed by atoms with Crippen molar-refractivity contribution < 1.29 is 9.53 Å². The minimum atomic E-state index is -0.587. The molecule has 1 amide bonds. The Kier molecular flexibility index (Phi) is 4.64. The van der Waals surface area contributed by atoms with Gasteiger partial charge in [-0.25, -0.2) is 0 Å². The zero-order chi connectivity index (χ0) is 14.5. The van der Waals surface area contributed by atoms with Gasteiger partial charge in [0.15, 0.2) is 6.10 Å². The molecule has 0 saturated heterocycles. The number of rotatable bonds is 4. The van der Waals surface area contributed by atoms with Gasteiger partial charge in [0.2, 0.25) is 0 Å². The third-order valence-electron chi connectivity index (χ3n) is 2.88. The van der Waals surface area contributed by atoms with Gasteiger partial charge in [-0.1, -0.05) is 35.9 Å². The molecule has 20 heavy (non-hydrogen) atoms. The lowest BCUT2D eigenvalue weighted by Crippen LogP contribution is -2.30. The van der Waals surface area contributed by atoms with E-state index in [-0.39, 0.29) is 5.91 Å². The first-order valence-corrected chi connectivity index (χ1v) is 6.73. The van der Waals surface area contributed by atoms with Gasteiger partial charge in [0.05, 0.1) is 0 Å². The summed E-state index contributed by atoms with van der Waals surface area (Å²) >= 11 is 5.93. The van der Waals surface area contributed by atoms with Crippen molar-refractivity contribution in [2.45, 2.75) is 20.0 Å². The Hall–Kier alpha value is -2.00. The third kappa shape index (κ3) is 3.75. The molecule has 0 unspecified atom stereocenters. The maximum Gasteiger partial charge on any atom is 0.265 e. The number of halogens is 1. The predicted octanol–water partition coefficient (Wildman–Crippen LogP) is 4.05. The van der Waals surface area contributed by atoms with Crippen LogP contribution in [0.3, 0.4) is 0 Å². The summed E-state index contributed by atoms with van der Waals surface area (Å²) in [6, 6.07) is 14.6. The van der Waals surface area contributed by atoms with Crippen LogP contribution in [-0.2, 0) is 4.79 Å². The number of hydrogen-bond acceptors (Lipinski definition) is 2. The van der Waals surface area contributed by atoms with Crippen LogP contribution in [0.1, 0.15) is 12.5 Å². The molecular formula is C16H16ClNO2. The Balaban J connectivity index is 2.02. The second kappa shape index (κ2) is 6.44. The van der Waals surface area contributed by atoms with Crippen LogP contribution in [0.4, 0.5) is 5.69 Å². The van der Waals surface area contributed by atoms with Crippen molar-refractivity contribution in [2.24, 2.45) is 0 Å². The number of anilines is 1. The monoisotopic (exact) mass is 289 g/mol. The number of hydrogen-bond donors (Lipinski definition) is 1. The second-order valence-electron chi connectivity index (χ2n) is 4.52. The van der Waals surface area contributed by atoms with E-state index in [1.165, 1.54) is 0 Å². The molecule has 0 bridgehead atoms. The highest BCUT2D eigenvalue weighted by Crippen LogP contribution is 2.20. The number of carbonyl (C=O) groups is 1. The van der Waals surface area contributed by atoms with Gasteiger partial charge in [0, 0.05) is 10.7 Å². The summed E-state index contributed by atoms with van der Waals surface area (Å²) < 4.78 is 5.57. The van der Waals surface area contributed by atoms with E-state index in [9.17, 15) is 4.79 Å². The molecule has 0 aliphatic carbocycles. The van der Waals surface area contributed by atoms with Crippen LogP contribution in [-0.4, -0.2) is 12.0 Å². The number of para-hydroxylation sites is 1. The third-order valence-corrected chi connectivity index (χ3v) is 3.12. The summed E-state index contributed by atoms with van der Waals surface area (Å²) in [6.45, 7) is 3.62. The van der Waals surface area contributed by atoms with Gasteiger partial charge in [0.25, 0.3) is 5.91 Å². The normalized spacial score (nSPS) is 11.8. The molecular weight excluding hydrogens is 274 g/mol. The summed E-state index contributed by atoms with van der Waals surface area (Å²) in [6.07, 6.45) is -0.587. The summed E-state index contributed by atoms with van der Waals surface area (Å²) in [4.78, 5) is 12.1. The zero-order valence-corrected chi connectivity index (χ0v) is 12.1. The minimum Gasteiger partial charge on any atom is -0.481 e. The fourth-order valence-corrected chi connectivity index (χ4v) is 1.89. The fraction of sp³-hybridized carbons (Fsp3) is 0.188. The molecule has 0 radical (unpaired) electrons. The smallest absolute Gasteiger partial charge is 0.265 e. The maximum atomic E-state index is 12.1. The average Bonchev–Trinajstić information content (AvgIpc) is 2.44. The summed E-state index contributed by atoms with van der Waals surface area (Å²) in [7, 11) is 0. The minimum absolute atomic E-state index is 0.209. The van der Waals surface area contributed by atoms with E-state index in [0.29, 0.717) is 16.5 Å². The first kappa shape index (κ1) is 14.4. The van der Waals surface area contributed by atoms with Crippen molar-refractivity contribution in [3.8, 4) is 5.75 Å². The van der Waals surface area contributed by atoms with Crippen LogP contribution in [0.5, 0.6) is 5.75 Å². The summed E-state index contributed by atoms with van der Waals surface area (Å²) in [5.74, 6) is 0.456. The quantitative estimate of drug-likeness (QED) is 0.922. The van der Waals surface area contributed by atoms with Crippen LogP contribution in [0.15, 0.2) is 48.5 Å². The van der Waals surface area contributed by atoms with Crippen molar-refractivity contribution in [2.75, 3.05) is 5.32 Å². The highest BCUT2D eigenvalue weighted by molar-refractivity contribution is 6.31. The molecule has 0 aromatic heterocycles. The van der Waals surface area contributed by atoms with Crippen molar-refractivity contribution in [1.82, 2.24) is 0 Å². The zero-order valence-electron chi connectivity index (χ0n) is 11.4. The van der Waals surface area contributed by atoms with Crippen LogP contribution in [0, 0.1) is 6.92 Å². The van der Waals surface area contributed by atoms with E-state index in [1.54, 1.807) is 19.1 Å². The highest BCUT2D eigenvalue weighted by Gasteiger charge is 2.15. The Morgan fingerprint density at radius 1 is 1.20 bits per heavy atom. The van der Waals surface area contributed by atoms with Gasteiger partial charge in [-0.2, -0.15) is 0 Å². The lowest BCUT2D eigenvalue weighted by molar-refractivity contribution is -0.122. The molecule has 0 spiro atoms. The standard InChI is InChI=1S/C16H16ClNO2/c1-11-8-9-13(17)10-15(11)18-16(19)12(2)20-14-6-4-3-5-7-14/h3-10,12H,1-2H3,(H,18,19)/t12-/m0/s1. The first-order valence-electron chi connectivity index (χ1n) is 6.35. The molecule has 0 fully saturated rings. The van der Waals surface area contributed by atoms with E-state index in [0.717, 1.165) is 5.56 Å². The van der Waals surface area contributed by atoms with Crippen molar-refractivity contribution in [3.05, 3.63) is 59.1 Å². The maximum absolute atomic E-state index is 12.1. The molecule has 2 rings (SSSR count). The van der Waals surface area contributed by atoms with Crippen LogP contribution >= 0.6 is 11.6 Å². The van der Waals surface area contributed by atoms with Crippen LogP contribution in [0.25, 0.3) is 0 Å². The molecule has 4 heteroatoms. The van der Waals surface area contributed by atoms with E-state index >= 15 is 0 Å². The topological polar surface area (TPSA) is 38.3 Å². The fourth-order valence-electron chi connectivity index (χ4n) is 1.72. The van der Waals surface area contributed by atoms with Crippen molar-refractivity contribution in [1.29, 1.82) is 0 Å². The molecule has 104 valence electrons. The van der Waals surface area contributed by atoms with E-state index in [4.69, 9.17) is 16.3 Å². The molecule has 1 N–H and O–H groups in total. The molecule has 2 aromatic carbocycles. The highest BCUT2D eigenvalue weighted by atomic mass is 35.5. The van der Waals surface area contributed by atoms with Crippen molar-refractivity contribution >= 4 is 23.2 Å². The Labute approximate surface area is 123 Å². The van der Waals surface area contributed by atoms with Crippen LogP contribution in [0.2, 0.25) is 5.02 Å². The second-order valence-corrected chi connectivity index (χ2v) is 4.96. The van der Waals surface area contributed by atoms with Gasteiger partial charge in [-0.3, -0.25) is 4.79 Å². The molecule has 2 aromatic rings. The Bertz CT molecular complexity index is 599. The molecule has 0 aliphatic heterocycles. The van der Waals surface area contributed by atoms with E-state index in [2.05, 4.69) is 5.32 Å². The predicted molar refractivity (Wildman–Crippen MR) is 81.4 cm³/mol. The van der Waals surface area contributed by atoms with E-state index < -0.39 is 6.10 Å². The Morgan fingerprint density at radius 3 is 2.60 bits per heavy atom. The summed E-state index contributed by atoms with van der Waals surface area (Å²) in [5.41, 5.74) is 1.65. The van der Waals surface area contributed by atoms with E-state index in [1.807, 2.05) is 43.3 Å². The van der Waals surface area contributed by atoms with Crippen LogP contribution < -0.4 is 10.1 Å². The number of benzene rings is 2. The molecule has 0 heterocycles. The lowest BCUT2D eigenvalue weighted by atomic mass is 10.2. The largest absolute Gasteiger partial charge is 0.481 e.